The van der Waals surface area contributed by atoms with E-state index in [0.29, 0.717) is 44.4 Å². The van der Waals surface area contributed by atoms with Crippen LogP contribution in [0.25, 0.3) is 5.76 Å². The Morgan fingerprint density at radius 1 is 1.29 bits per heavy atom. The van der Waals surface area contributed by atoms with Crippen LogP contribution in [-0.4, -0.2) is 43.7 Å². The summed E-state index contributed by atoms with van der Waals surface area (Å²) in [5.41, 5.74) is 6.93. The molecule has 0 radical (unpaired) electrons. The lowest BCUT2D eigenvalue weighted by Gasteiger charge is -2.31. The Labute approximate surface area is 125 Å². The third kappa shape index (κ3) is 3.98. The fourth-order valence-corrected chi connectivity index (χ4v) is 2.28. The van der Waals surface area contributed by atoms with Gasteiger partial charge in [-0.15, -0.1) is 0 Å². The van der Waals surface area contributed by atoms with Gasteiger partial charge in [0.15, 0.2) is 5.76 Å². The second-order valence-corrected chi connectivity index (χ2v) is 4.86. The van der Waals surface area contributed by atoms with Gasteiger partial charge >= 0.3 is 0 Å². The molecule has 21 heavy (non-hydrogen) atoms. The summed E-state index contributed by atoms with van der Waals surface area (Å²) in [4.78, 5) is 13.9. The Bertz CT molecular complexity index is 494. The first-order chi connectivity index (χ1) is 10.2. The van der Waals surface area contributed by atoms with Gasteiger partial charge in [-0.1, -0.05) is 37.3 Å². The van der Waals surface area contributed by atoms with Crippen LogP contribution in [0.1, 0.15) is 18.9 Å². The predicted molar refractivity (Wildman–Crippen MR) is 81.2 cm³/mol. The molecule has 1 fully saturated rings. The molecule has 0 saturated carbocycles. The number of amides is 1. The minimum atomic E-state index is -0.466. The molecule has 1 amide bonds. The van der Waals surface area contributed by atoms with Gasteiger partial charge in [0, 0.05) is 18.7 Å². The van der Waals surface area contributed by atoms with Crippen molar-refractivity contribution in [1.29, 1.82) is 0 Å². The molecular weight excluding hydrogens is 268 g/mol. The molecule has 0 bridgehead atoms. The molecule has 1 heterocycles. The number of morpholine rings is 1. The number of benzene rings is 1. The van der Waals surface area contributed by atoms with Gasteiger partial charge in [0.05, 0.1) is 19.8 Å². The Morgan fingerprint density at radius 3 is 2.52 bits per heavy atom. The smallest absolute Gasteiger partial charge is 0.268 e. The number of ether oxygens (including phenoxy) is 2. The van der Waals surface area contributed by atoms with Gasteiger partial charge in [-0.25, -0.2) is 0 Å². The van der Waals surface area contributed by atoms with Crippen molar-refractivity contribution < 1.29 is 14.3 Å². The van der Waals surface area contributed by atoms with E-state index in [1.54, 1.807) is 0 Å². The molecule has 1 aromatic rings. The first-order valence-electron chi connectivity index (χ1n) is 7.29. The molecule has 2 N–H and O–H groups in total. The number of hydrogen-bond acceptors (Lipinski definition) is 4. The molecular formula is C16H22N2O3. The maximum Gasteiger partial charge on any atom is 0.268 e. The molecule has 0 aromatic heterocycles. The third-order valence-electron chi connectivity index (χ3n) is 3.26. The quantitative estimate of drug-likeness (QED) is 0.638. The van der Waals surface area contributed by atoms with Gasteiger partial charge in [0.25, 0.3) is 5.91 Å². The van der Waals surface area contributed by atoms with Crippen LogP contribution in [0, 0.1) is 0 Å². The standard InChI is InChI=1S/C16H22N2O3/c1-2-10-21-15(13-6-4-3-5-7-13)14(16(17)19)18-8-11-20-12-9-18/h3-7H,2,8-12H2,1H3,(H2,17,19)/b15-14+. The van der Waals surface area contributed by atoms with Gasteiger partial charge in [0.1, 0.15) is 5.70 Å². The van der Waals surface area contributed by atoms with Crippen LogP contribution in [0.4, 0.5) is 0 Å². The summed E-state index contributed by atoms with van der Waals surface area (Å²) in [6, 6.07) is 9.62. The van der Waals surface area contributed by atoms with Crippen molar-refractivity contribution >= 4 is 11.7 Å². The van der Waals surface area contributed by atoms with Crippen molar-refractivity contribution in [1.82, 2.24) is 4.90 Å². The fourth-order valence-electron chi connectivity index (χ4n) is 2.28. The van der Waals surface area contributed by atoms with Crippen LogP contribution < -0.4 is 5.73 Å². The Balaban J connectivity index is 2.42. The summed E-state index contributed by atoms with van der Waals surface area (Å²) in [5, 5.41) is 0. The van der Waals surface area contributed by atoms with E-state index in [9.17, 15) is 4.79 Å². The van der Waals surface area contributed by atoms with E-state index in [4.69, 9.17) is 15.2 Å². The van der Waals surface area contributed by atoms with E-state index in [2.05, 4.69) is 0 Å². The van der Waals surface area contributed by atoms with Crippen LogP contribution in [0.3, 0.4) is 0 Å². The first-order valence-corrected chi connectivity index (χ1v) is 7.29. The number of nitrogens with two attached hydrogens (primary N) is 1. The number of nitrogens with zero attached hydrogens (tertiary/aromatic N) is 1. The zero-order chi connectivity index (χ0) is 15.1. The predicted octanol–water partition coefficient (Wildman–Crippen LogP) is 1.60. The molecule has 5 nitrogen and oxygen atoms in total. The topological polar surface area (TPSA) is 64.8 Å². The zero-order valence-corrected chi connectivity index (χ0v) is 12.4. The molecule has 0 unspecified atom stereocenters. The summed E-state index contributed by atoms with van der Waals surface area (Å²) in [6.45, 7) is 5.04. The summed E-state index contributed by atoms with van der Waals surface area (Å²) in [6.07, 6.45) is 0.867. The van der Waals surface area contributed by atoms with Crippen molar-refractivity contribution in [2.45, 2.75) is 13.3 Å². The number of primary amides is 1. The maximum absolute atomic E-state index is 12.0. The summed E-state index contributed by atoms with van der Waals surface area (Å²) in [5.74, 6) is 0.0960. The number of carbonyl (C=O) groups excluding carboxylic acids is 1. The van der Waals surface area contributed by atoms with E-state index in [1.165, 1.54) is 0 Å². The largest absolute Gasteiger partial charge is 0.491 e. The zero-order valence-electron chi connectivity index (χ0n) is 12.4. The highest BCUT2D eigenvalue weighted by Crippen LogP contribution is 2.23. The van der Waals surface area contributed by atoms with E-state index < -0.39 is 5.91 Å². The van der Waals surface area contributed by atoms with E-state index >= 15 is 0 Å². The van der Waals surface area contributed by atoms with Crippen molar-refractivity contribution in [2.75, 3.05) is 32.9 Å². The lowest BCUT2D eigenvalue weighted by molar-refractivity contribution is -0.116. The number of rotatable bonds is 6. The SMILES string of the molecule is CCCO/C(=C(\C(N)=O)N1CCOCC1)c1ccccc1. The van der Waals surface area contributed by atoms with E-state index in [-0.39, 0.29) is 0 Å². The molecule has 1 aromatic carbocycles. The Kier molecular flexibility index (Phi) is 5.63. The molecule has 1 saturated heterocycles. The molecule has 114 valence electrons. The van der Waals surface area contributed by atoms with Gasteiger partial charge in [-0.3, -0.25) is 4.79 Å². The van der Waals surface area contributed by atoms with Crippen LogP contribution >= 0.6 is 0 Å². The number of carbonyl (C=O) groups is 1. The summed E-state index contributed by atoms with van der Waals surface area (Å²) >= 11 is 0. The molecule has 2 rings (SSSR count). The normalized spacial score (nSPS) is 16.3. The molecule has 1 aliphatic rings. The average molecular weight is 290 g/mol. The minimum Gasteiger partial charge on any atom is -0.491 e. The Hall–Kier alpha value is -2.01. The average Bonchev–Trinajstić information content (AvgIpc) is 2.52. The molecule has 0 spiro atoms. The molecule has 1 aliphatic heterocycles. The van der Waals surface area contributed by atoms with Crippen LogP contribution in [0.2, 0.25) is 0 Å². The Morgan fingerprint density at radius 2 is 1.95 bits per heavy atom. The maximum atomic E-state index is 12.0. The van der Waals surface area contributed by atoms with Crippen LogP contribution in [0.5, 0.6) is 0 Å². The van der Waals surface area contributed by atoms with Crippen molar-refractivity contribution in [3.8, 4) is 0 Å². The first kappa shape index (κ1) is 15.4. The van der Waals surface area contributed by atoms with E-state index in [0.717, 1.165) is 12.0 Å². The van der Waals surface area contributed by atoms with Crippen LogP contribution in [0.15, 0.2) is 36.0 Å². The van der Waals surface area contributed by atoms with Crippen LogP contribution in [-0.2, 0) is 14.3 Å². The second kappa shape index (κ2) is 7.69. The van der Waals surface area contributed by atoms with Gasteiger partial charge in [-0.2, -0.15) is 0 Å². The monoisotopic (exact) mass is 290 g/mol. The van der Waals surface area contributed by atoms with Crippen molar-refractivity contribution in [3.05, 3.63) is 41.6 Å². The summed E-state index contributed by atoms with van der Waals surface area (Å²) < 4.78 is 11.2. The van der Waals surface area contributed by atoms with Gasteiger partial charge in [0.2, 0.25) is 0 Å². The summed E-state index contributed by atoms with van der Waals surface area (Å²) in [7, 11) is 0. The van der Waals surface area contributed by atoms with Crippen molar-refractivity contribution in [3.63, 3.8) is 0 Å². The van der Waals surface area contributed by atoms with Crippen molar-refractivity contribution in [2.24, 2.45) is 5.73 Å². The lowest BCUT2D eigenvalue weighted by atomic mass is 10.1. The van der Waals surface area contributed by atoms with E-state index in [1.807, 2.05) is 42.2 Å². The number of hydrogen-bond donors (Lipinski definition) is 1. The molecule has 0 atom stereocenters. The van der Waals surface area contributed by atoms with Gasteiger partial charge in [-0.05, 0) is 6.42 Å². The van der Waals surface area contributed by atoms with Gasteiger partial charge < -0.3 is 20.1 Å². The minimum absolute atomic E-state index is 0.443. The second-order valence-electron chi connectivity index (χ2n) is 4.86. The highest BCUT2D eigenvalue weighted by atomic mass is 16.5. The third-order valence-corrected chi connectivity index (χ3v) is 3.26. The fraction of sp³-hybridized carbons (Fsp3) is 0.438. The highest BCUT2D eigenvalue weighted by molar-refractivity contribution is 5.98. The highest BCUT2D eigenvalue weighted by Gasteiger charge is 2.24. The molecule has 5 heteroatoms. The molecule has 0 aliphatic carbocycles. The lowest BCUT2D eigenvalue weighted by Crippen LogP contribution is -2.40.